The van der Waals surface area contributed by atoms with Crippen molar-refractivity contribution in [1.29, 1.82) is 0 Å². The topological polar surface area (TPSA) is 58.4 Å². The molecule has 0 spiro atoms. The fourth-order valence-electron chi connectivity index (χ4n) is 3.66. The van der Waals surface area contributed by atoms with Crippen LogP contribution in [0.3, 0.4) is 0 Å². The van der Waals surface area contributed by atoms with Crippen LogP contribution in [0.15, 0.2) is 65.7 Å². The number of nitrogens with zero attached hydrogens (tertiary/aromatic N) is 4. The Kier molecular flexibility index (Phi) is 6.17. The van der Waals surface area contributed by atoms with E-state index in [0.717, 1.165) is 12.1 Å². The molecule has 6 nitrogen and oxygen atoms in total. The summed E-state index contributed by atoms with van der Waals surface area (Å²) in [4.78, 5) is 32.7. The third-order valence-corrected chi connectivity index (χ3v) is 5.50. The number of benzene rings is 2. The lowest BCUT2D eigenvalue weighted by Crippen LogP contribution is -2.50. The zero-order chi connectivity index (χ0) is 23.6. The number of hydrogen-bond acceptors (Lipinski definition) is 4. The molecule has 172 valence electrons. The minimum absolute atomic E-state index is 0.195. The second kappa shape index (κ2) is 9.05. The normalized spacial score (nSPS) is 14.4. The number of alkyl halides is 3. The number of anilines is 1. The van der Waals surface area contributed by atoms with Crippen molar-refractivity contribution in [3.63, 3.8) is 0 Å². The molecule has 3 aromatic rings. The maximum absolute atomic E-state index is 13.1. The van der Waals surface area contributed by atoms with Crippen LogP contribution in [-0.4, -0.2) is 46.5 Å². The van der Waals surface area contributed by atoms with Gasteiger partial charge in [-0.25, -0.2) is 9.37 Å². The van der Waals surface area contributed by atoms with Crippen LogP contribution in [0.25, 0.3) is 11.3 Å². The molecule has 1 aliphatic heterocycles. The molecule has 33 heavy (non-hydrogen) atoms. The molecule has 2 heterocycles. The Morgan fingerprint density at radius 1 is 0.970 bits per heavy atom. The van der Waals surface area contributed by atoms with E-state index in [2.05, 4.69) is 4.98 Å². The van der Waals surface area contributed by atoms with E-state index in [9.17, 15) is 27.2 Å². The van der Waals surface area contributed by atoms with Crippen molar-refractivity contribution in [1.82, 2.24) is 14.5 Å². The van der Waals surface area contributed by atoms with Gasteiger partial charge in [0.15, 0.2) is 0 Å². The van der Waals surface area contributed by atoms with E-state index in [0.29, 0.717) is 43.1 Å². The molecule has 1 saturated heterocycles. The summed E-state index contributed by atoms with van der Waals surface area (Å²) in [5.74, 6) is -0.678. The quantitative estimate of drug-likeness (QED) is 0.560. The van der Waals surface area contributed by atoms with Crippen LogP contribution in [0.5, 0.6) is 0 Å². The maximum Gasteiger partial charge on any atom is 0.416 e. The summed E-state index contributed by atoms with van der Waals surface area (Å²) in [6.45, 7) is 1.21. The molecule has 4 rings (SSSR count). The van der Waals surface area contributed by atoms with Gasteiger partial charge in [0.2, 0.25) is 5.91 Å². The number of hydrogen-bond donors (Lipinski definition) is 0. The first-order chi connectivity index (χ1) is 15.7. The largest absolute Gasteiger partial charge is 0.416 e. The summed E-state index contributed by atoms with van der Waals surface area (Å²) in [5.41, 5.74) is 0.277. The summed E-state index contributed by atoms with van der Waals surface area (Å²) in [6, 6.07) is 11.9. The van der Waals surface area contributed by atoms with Gasteiger partial charge >= 0.3 is 6.18 Å². The number of rotatable bonds is 4. The second-order valence-electron chi connectivity index (χ2n) is 7.66. The predicted octanol–water partition coefficient (Wildman–Crippen LogP) is 3.42. The van der Waals surface area contributed by atoms with Gasteiger partial charge in [-0.05, 0) is 42.5 Å². The number of halogens is 4. The highest BCUT2D eigenvalue weighted by Gasteiger charge is 2.31. The van der Waals surface area contributed by atoms with Crippen LogP contribution >= 0.6 is 0 Å². The molecule has 1 aliphatic rings. The van der Waals surface area contributed by atoms with Gasteiger partial charge in [-0.3, -0.25) is 14.2 Å². The molecule has 0 unspecified atom stereocenters. The average molecular weight is 460 g/mol. The maximum atomic E-state index is 13.1. The fraction of sp³-hybridized carbons (Fsp3) is 0.261. The first-order valence-corrected chi connectivity index (χ1v) is 10.2. The predicted molar refractivity (Wildman–Crippen MR) is 114 cm³/mol. The van der Waals surface area contributed by atoms with E-state index in [1.165, 1.54) is 47.3 Å². The van der Waals surface area contributed by atoms with E-state index in [-0.39, 0.29) is 12.5 Å². The van der Waals surface area contributed by atoms with Gasteiger partial charge in [0.25, 0.3) is 5.56 Å². The summed E-state index contributed by atoms with van der Waals surface area (Å²) >= 11 is 0. The Balaban J connectivity index is 1.38. The Morgan fingerprint density at radius 3 is 2.30 bits per heavy atom. The van der Waals surface area contributed by atoms with Gasteiger partial charge in [0, 0.05) is 43.5 Å². The van der Waals surface area contributed by atoms with E-state index in [1.54, 1.807) is 15.9 Å². The number of piperazine rings is 1. The molecule has 1 fully saturated rings. The SMILES string of the molecule is O=C(Cn1cnc(-c2ccc(F)cc2)cc1=O)N1CCN(c2cccc(C(F)(F)F)c2)CC1. The van der Waals surface area contributed by atoms with Crippen molar-refractivity contribution >= 4 is 11.6 Å². The van der Waals surface area contributed by atoms with Crippen molar-refractivity contribution < 1.29 is 22.4 Å². The fourth-order valence-corrected chi connectivity index (χ4v) is 3.66. The minimum atomic E-state index is -4.42. The van der Waals surface area contributed by atoms with Crippen molar-refractivity contribution in [3.05, 3.63) is 82.7 Å². The third kappa shape index (κ3) is 5.21. The molecule has 1 aromatic heterocycles. The van der Waals surface area contributed by atoms with Crippen LogP contribution in [0.1, 0.15) is 5.56 Å². The Morgan fingerprint density at radius 2 is 1.67 bits per heavy atom. The van der Waals surface area contributed by atoms with Gasteiger partial charge < -0.3 is 9.80 Å². The first kappa shape index (κ1) is 22.5. The van der Waals surface area contributed by atoms with E-state index in [1.807, 2.05) is 0 Å². The molecular weight excluding hydrogens is 440 g/mol. The highest BCUT2D eigenvalue weighted by atomic mass is 19.4. The average Bonchev–Trinajstić information content (AvgIpc) is 2.80. The molecule has 0 atom stereocenters. The van der Waals surface area contributed by atoms with Gasteiger partial charge in [-0.15, -0.1) is 0 Å². The molecule has 0 saturated carbocycles. The van der Waals surface area contributed by atoms with Crippen molar-refractivity contribution in [2.45, 2.75) is 12.7 Å². The molecule has 1 amide bonds. The van der Waals surface area contributed by atoms with Gasteiger partial charge in [-0.2, -0.15) is 13.2 Å². The molecule has 0 radical (unpaired) electrons. The van der Waals surface area contributed by atoms with Crippen LogP contribution in [0.4, 0.5) is 23.2 Å². The number of carbonyl (C=O) groups is 1. The van der Waals surface area contributed by atoms with Crippen LogP contribution in [0.2, 0.25) is 0 Å². The second-order valence-corrected chi connectivity index (χ2v) is 7.66. The monoisotopic (exact) mass is 460 g/mol. The minimum Gasteiger partial charge on any atom is -0.368 e. The van der Waals surface area contributed by atoms with Gasteiger partial charge in [0.05, 0.1) is 17.6 Å². The number of carbonyl (C=O) groups excluding carboxylic acids is 1. The van der Waals surface area contributed by atoms with E-state index < -0.39 is 23.1 Å². The lowest BCUT2D eigenvalue weighted by molar-refractivity contribution is -0.137. The Hall–Kier alpha value is -3.69. The standard InChI is InChI=1S/C23H20F4N4O2/c24-18-6-4-16(5-7-18)20-13-21(32)31(15-28-20)14-22(33)30-10-8-29(9-11-30)19-3-1-2-17(12-19)23(25,26)27/h1-7,12-13,15H,8-11,14H2. The molecule has 0 aliphatic carbocycles. The number of amides is 1. The summed E-state index contributed by atoms with van der Waals surface area (Å²) in [6.07, 6.45) is -3.14. The highest BCUT2D eigenvalue weighted by Crippen LogP contribution is 2.31. The van der Waals surface area contributed by atoms with Crippen molar-refractivity contribution in [2.24, 2.45) is 0 Å². The summed E-state index contributed by atoms with van der Waals surface area (Å²) in [7, 11) is 0. The smallest absolute Gasteiger partial charge is 0.368 e. The zero-order valence-electron chi connectivity index (χ0n) is 17.4. The lowest BCUT2D eigenvalue weighted by Gasteiger charge is -2.36. The van der Waals surface area contributed by atoms with E-state index in [4.69, 9.17) is 0 Å². The summed E-state index contributed by atoms with van der Waals surface area (Å²) < 4.78 is 53.1. The Labute approximate surface area is 186 Å². The Bertz CT molecular complexity index is 1200. The van der Waals surface area contributed by atoms with Crippen molar-refractivity contribution in [2.75, 3.05) is 31.1 Å². The number of aromatic nitrogens is 2. The molecule has 0 bridgehead atoms. The molecular formula is C23H20F4N4O2. The zero-order valence-corrected chi connectivity index (χ0v) is 17.4. The molecule has 2 aromatic carbocycles. The summed E-state index contributed by atoms with van der Waals surface area (Å²) in [5, 5.41) is 0. The van der Waals surface area contributed by atoms with Crippen LogP contribution < -0.4 is 10.5 Å². The lowest BCUT2D eigenvalue weighted by atomic mass is 10.1. The van der Waals surface area contributed by atoms with Crippen molar-refractivity contribution in [3.8, 4) is 11.3 Å². The van der Waals surface area contributed by atoms with Crippen LogP contribution in [-0.2, 0) is 17.5 Å². The molecule has 10 heteroatoms. The highest BCUT2D eigenvalue weighted by molar-refractivity contribution is 5.76. The first-order valence-electron chi connectivity index (χ1n) is 10.2. The van der Waals surface area contributed by atoms with Gasteiger partial charge in [-0.1, -0.05) is 6.07 Å². The third-order valence-electron chi connectivity index (χ3n) is 5.50. The molecule has 0 N–H and O–H groups in total. The van der Waals surface area contributed by atoms with Gasteiger partial charge in [0.1, 0.15) is 12.4 Å². The van der Waals surface area contributed by atoms with Crippen LogP contribution in [0, 0.1) is 5.82 Å². The van der Waals surface area contributed by atoms with E-state index >= 15 is 0 Å².